The Morgan fingerprint density at radius 3 is 2.79 bits per heavy atom. The van der Waals surface area contributed by atoms with Gasteiger partial charge in [-0.25, -0.2) is 4.79 Å². The summed E-state index contributed by atoms with van der Waals surface area (Å²) < 4.78 is 28.4. The van der Waals surface area contributed by atoms with E-state index < -0.39 is 46.9 Å². The molecule has 0 unspecified atom stereocenters. The van der Waals surface area contributed by atoms with Gasteiger partial charge in [-0.05, 0) is 44.1 Å². The van der Waals surface area contributed by atoms with E-state index in [1.54, 1.807) is 27.0 Å². The van der Waals surface area contributed by atoms with Crippen molar-refractivity contribution in [3.63, 3.8) is 0 Å². The van der Waals surface area contributed by atoms with Crippen molar-refractivity contribution in [1.29, 1.82) is 0 Å². The van der Waals surface area contributed by atoms with Crippen molar-refractivity contribution in [2.45, 2.75) is 81.0 Å². The van der Waals surface area contributed by atoms with Gasteiger partial charge in [0.2, 0.25) is 11.7 Å². The third kappa shape index (κ3) is 3.85. The number of carbonyl (C=O) groups is 3. The van der Waals surface area contributed by atoms with Gasteiger partial charge in [-0.1, -0.05) is 6.07 Å². The molecule has 5 atom stereocenters. The molecule has 0 radical (unpaired) electrons. The van der Waals surface area contributed by atoms with Crippen LogP contribution in [0.5, 0.6) is 11.5 Å². The molecular formula is C28H34N2O9. The van der Waals surface area contributed by atoms with Gasteiger partial charge in [-0.3, -0.25) is 9.59 Å². The Balaban J connectivity index is 1.15. The first-order valence-corrected chi connectivity index (χ1v) is 13.4. The highest BCUT2D eigenvalue weighted by molar-refractivity contribution is 5.85. The first kappa shape index (κ1) is 26.1. The van der Waals surface area contributed by atoms with Crippen molar-refractivity contribution in [2.24, 2.45) is 0 Å². The fourth-order valence-corrected chi connectivity index (χ4v) is 7.16. The van der Waals surface area contributed by atoms with Crippen LogP contribution >= 0.6 is 0 Å². The number of amides is 1. The minimum Gasteiger partial charge on any atom is -0.493 e. The molecular weight excluding hydrogens is 508 g/mol. The Labute approximate surface area is 226 Å². The van der Waals surface area contributed by atoms with Crippen LogP contribution in [0.3, 0.4) is 0 Å². The summed E-state index contributed by atoms with van der Waals surface area (Å²) in [5.41, 5.74) is 0.230. The number of piperidine rings is 1. The number of likely N-dealkylation sites (tertiary alicyclic amines) is 1. The maximum Gasteiger partial charge on any atom is 0.338 e. The number of hydrogen-bond donors (Lipinski definition) is 2. The predicted octanol–water partition coefficient (Wildman–Crippen LogP) is 1.09. The Morgan fingerprint density at radius 1 is 1.28 bits per heavy atom. The summed E-state index contributed by atoms with van der Waals surface area (Å²) in [7, 11) is 3.62. The first-order chi connectivity index (χ1) is 18.5. The van der Waals surface area contributed by atoms with E-state index in [2.05, 4.69) is 10.2 Å². The summed E-state index contributed by atoms with van der Waals surface area (Å²) in [6, 6.07) is 3.83. The maximum absolute atomic E-state index is 12.9. The van der Waals surface area contributed by atoms with Gasteiger partial charge in [-0.15, -0.1) is 0 Å². The maximum atomic E-state index is 12.9. The van der Waals surface area contributed by atoms with E-state index in [1.165, 1.54) is 0 Å². The highest BCUT2D eigenvalue weighted by Gasteiger charge is 2.72. The number of esters is 2. The Hall–Kier alpha value is -3.15. The Bertz CT molecular complexity index is 1280. The minimum absolute atomic E-state index is 0.0295. The van der Waals surface area contributed by atoms with Crippen molar-refractivity contribution in [3.8, 4) is 11.5 Å². The van der Waals surface area contributed by atoms with Crippen LogP contribution in [0.1, 0.15) is 50.7 Å². The number of likely N-dealkylation sites (N-methyl/N-ethyl adjacent to an activating group) is 1. The summed E-state index contributed by atoms with van der Waals surface area (Å²) in [4.78, 5) is 39.2. The summed E-state index contributed by atoms with van der Waals surface area (Å²) in [5.74, 6) is -1.06. The minimum atomic E-state index is -1.09. The van der Waals surface area contributed by atoms with Gasteiger partial charge in [-0.2, -0.15) is 0 Å². The van der Waals surface area contributed by atoms with Crippen LogP contribution in [0.25, 0.3) is 0 Å². The fraction of sp³-hybridized carbons (Fsp3) is 0.607. The molecule has 2 N–H and O–H groups in total. The van der Waals surface area contributed by atoms with E-state index in [9.17, 15) is 19.5 Å². The molecule has 39 heavy (non-hydrogen) atoms. The van der Waals surface area contributed by atoms with Crippen LogP contribution in [0, 0.1) is 0 Å². The Morgan fingerprint density at radius 2 is 2.08 bits per heavy atom. The summed E-state index contributed by atoms with van der Waals surface area (Å²) in [6.07, 6.45) is 1.49. The third-order valence-electron chi connectivity index (χ3n) is 8.85. The molecule has 0 saturated carbocycles. The van der Waals surface area contributed by atoms with E-state index >= 15 is 0 Å². The second kappa shape index (κ2) is 8.94. The number of carbonyl (C=O) groups excluding carboxylic acids is 3. The topological polar surface area (TPSA) is 133 Å². The highest BCUT2D eigenvalue weighted by atomic mass is 16.8. The van der Waals surface area contributed by atoms with Gasteiger partial charge < -0.3 is 39.0 Å². The zero-order valence-electron chi connectivity index (χ0n) is 22.6. The molecule has 0 aromatic heterocycles. The summed E-state index contributed by atoms with van der Waals surface area (Å²) in [5, 5.41) is 14.9. The highest BCUT2D eigenvalue weighted by Crippen LogP contribution is 2.65. The van der Waals surface area contributed by atoms with Gasteiger partial charge in [0.25, 0.3) is 0 Å². The average molecular weight is 543 g/mol. The summed E-state index contributed by atoms with van der Waals surface area (Å²) >= 11 is 0. The normalized spacial score (nSPS) is 33.4. The monoisotopic (exact) mass is 542 g/mol. The molecule has 1 aromatic rings. The molecule has 11 nitrogen and oxygen atoms in total. The van der Waals surface area contributed by atoms with Crippen molar-refractivity contribution in [2.75, 3.05) is 27.2 Å². The van der Waals surface area contributed by atoms with Gasteiger partial charge in [0.1, 0.15) is 5.76 Å². The third-order valence-corrected chi connectivity index (χ3v) is 8.85. The van der Waals surface area contributed by atoms with Crippen molar-refractivity contribution in [3.05, 3.63) is 35.1 Å². The predicted molar refractivity (Wildman–Crippen MR) is 135 cm³/mol. The molecule has 2 saturated heterocycles. The standard InChI is InChI=1S/C28H34N2O9/c1-26(2)38-18(25(33)39-26)14-20(31)29-11-8-21(32)36-17-7-9-28(34)19-13-15-5-6-16(35-4)23-22(15)27(28,24(17)37-23)10-12-30(19)3/h5-7,18-19,24,34H,8-14H2,1-4H3,(H,29,31)/t18-,19+,24-,27-,28+/m0/s1. The quantitative estimate of drug-likeness (QED) is 0.483. The molecule has 5 aliphatic rings. The SMILES string of the molecule is COc1ccc2c3c1O[C@H]1C(OC(=O)CCNC(=O)C[C@@H]4OC(C)(C)OC4=O)=CC[C@@]4(O)[C@@H](C2)N(C)CC[C@]314. The fourth-order valence-electron chi connectivity index (χ4n) is 7.16. The number of benzene rings is 1. The molecule has 2 bridgehead atoms. The van der Waals surface area contributed by atoms with Crippen molar-refractivity contribution in [1.82, 2.24) is 10.2 Å². The zero-order chi connectivity index (χ0) is 27.7. The van der Waals surface area contributed by atoms with Crippen LogP contribution in [0.2, 0.25) is 0 Å². The molecule has 2 aliphatic carbocycles. The van der Waals surface area contributed by atoms with Crippen LogP contribution in [0.15, 0.2) is 24.0 Å². The number of ether oxygens (including phenoxy) is 5. The van der Waals surface area contributed by atoms with E-state index in [0.29, 0.717) is 36.5 Å². The van der Waals surface area contributed by atoms with Crippen molar-refractivity contribution < 1.29 is 43.2 Å². The number of rotatable bonds is 7. The van der Waals surface area contributed by atoms with Crippen LogP contribution < -0.4 is 14.8 Å². The lowest BCUT2D eigenvalue weighted by molar-refractivity contribution is -0.169. The van der Waals surface area contributed by atoms with E-state index in [-0.39, 0.29) is 25.4 Å². The lowest BCUT2D eigenvalue weighted by Gasteiger charge is -2.61. The average Bonchev–Trinajstić information content (AvgIpc) is 3.35. The van der Waals surface area contributed by atoms with E-state index in [4.69, 9.17) is 23.7 Å². The number of hydrogen-bond acceptors (Lipinski definition) is 10. The Kier molecular flexibility index (Phi) is 5.98. The molecule has 1 amide bonds. The molecule has 1 spiro atoms. The van der Waals surface area contributed by atoms with E-state index in [0.717, 1.165) is 17.7 Å². The zero-order valence-corrected chi connectivity index (χ0v) is 22.6. The molecule has 210 valence electrons. The number of methoxy groups -OCH3 is 1. The number of nitrogens with zero attached hydrogens (tertiary/aromatic N) is 1. The van der Waals surface area contributed by atoms with Gasteiger partial charge in [0.15, 0.2) is 23.7 Å². The molecule has 2 fully saturated rings. The molecule has 11 heteroatoms. The lowest BCUT2D eigenvalue weighted by atomic mass is 9.50. The van der Waals surface area contributed by atoms with Crippen LogP contribution in [-0.2, 0) is 40.4 Å². The van der Waals surface area contributed by atoms with Crippen LogP contribution in [0.4, 0.5) is 0 Å². The van der Waals surface area contributed by atoms with Crippen molar-refractivity contribution >= 4 is 17.8 Å². The molecule has 3 aliphatic heterocycles. The number of nitrogens with one attached hydrogen (secondary N) is 1. The molecule has 3 heterocycles. The van der Waals surface area contributed by atoms with Gasteiger partial charge in [0.05, 0.1) is 31.0 Å². The lowest BCUT2D eigenvalue weighted by Crippen LogP contribution is -2.74. The molecule has 1 aromatic carbocycles. The summed E-state index contributed by atoms with van der Waals surface area (Å²) in [6.45, 7) is 4.00. The second-order valence-corrected chi connectivity index (χ2v) is 11.5. The van der Waals surface area contributed by atoms with Gasteiger partial charge in [0, 0.05) is 38.4 Å². The smallest absolute Gasteiger partial charge is 0.338 e. The van der Waals surface area contributed by atoms with E-state index in [1.807, 2.05) is 19.2 Å². The number of aliphatic hydroxyl groups is 1. The van der Waals surface area contributed by atoms with Crippen LogP contribution in [-0.4, -0.2) is 84.7 Å². The second-order valence-electron chi connectivity index (χ2n) is 11.5. The number of cyclic esters (lactones) is 1. The first-order valence-electron chi connectivity index (χ1n) is 13.4. The largest absolute Gasteiger partial charge is 0.493 e. The van der Waals surface area contributed by atoms with Gasteiger partial charge >= 0.3 is 11.9 Å². The molecule has 6 rings (SSSR count).